The molecule has 30 heavy (non-hydrogen) atoms. The molecule has 1 aliphatic heterocycles. The molecule has 2 heterocycles. The molecule has 162 valence electrons. The lowest BCUT2D eigenvalue weighted by Crippen LogP contribution is -2.36. The number of anilines is 3. The van der Waals surface area contributed by atoms with Crippen molar-refractivity contribution in [2.75, 3.05) is 29.5 Å². The van der Waals surface area contributed by atoms with Gasteiger partial charge in [0.15, 0.2) is 5.82 Å². The molecule has 1 atom stereocenters. The summed E-state index contributed by atoms with van der Waals surface area (Å²) in [6, 6.07) is 5.44. The molecular formula is C20H26Cl2N6O2. The van der Waals surface area contributed by atoms with Gasteiger partial charge in [-0.15, -0.1) is 0 Å². The van der Waals surface area contributed by atoms with Crippen LogP contribution in [0.2, 0.25) is 10.0 Å². The number of amides is 1. The van der Waals surface area contributed by atoms with Crippen LogP contribution in [0.4, 0.5) is 22.2 Å². The van der Waals surface area contributed by atoms with Crippen LogP contribution in [0.3, 0.4) is 0 Å². The number of hydrogen-bond donors (Lipinski definition) is 3. The van der Waals surface area contributed by atoms with Crippen molar-refractivity contribution in [3.05, 3.63) is 40.0 Å². The Kier molecular flexibility index (Phi) is 6.77. The van der Waals surface area contributed by atoms with Gasteiger partial charge in [0.1, 0.15) is 5.60 Å². The number of rotatable bonds is 5. The van der Waals surface area contributed by atoms with Crippen LogP contribution in [0, 0.1) is 0 Å². The van der Waals surface area contributed by atoms with Crippen LogP contribution in [-0.4, -0.2) is 45.7 Å². The minimum absolute atomic E-state index is 0.0256. The van der Waals surface area contributed by atoms with Gasteiger partial charge in [0, 0.05) is 25.7 Å². The predicted molar refractivity (Wildman–Crippen MR) is 120 cm³/mol. The predicted octanol–water partition coefficient (Wildman–Crippen LogP) is 4.40. The fraction of sp³-hybridized carbons (Fsp3) is 0.450. The second kappa shape index (κ2) is 9.14. The van der Waals surface area contributed by atoms with Gasteiger partial charge in [0.05, 0.1) is 21.9 Å². The summed E-state index contributed by atoms with van der Waals surface area (Å²) in [6.45, 7) is 7.17. The molecule has 1 aromatic heterocycles. The Hall–Kier alpha value is -2.45. The number of likely N-dealkylation sites (tertiary alicyclic amines) is 1. The van der Waals surface area contributed by atoms with Crippen molar-refractivity contribution in [3.63, 3.8) is 0 Å². The van der Waals surface area contributed by atoms with Gasteiger partial charge in [-0.2, -0.15) is 4.98 Å². The molecule has 4 N–H and O–H groups in total. The van der Waals surface area contributed by atoms with Crippen molar-refractivity contribution in [2.45, 2.75) is 45.4 Å². The van der Waals surface area contributed by atoms with Crippen molar-refractivity contribution in [2.24, 2.45) is 0 Å². The van der Waals surface area contributed by atoms with Crippen molar-refractivity contribution in [3.8, 4) is 0 Å². The van der Waals surface area contributed by atoms with Gasteiger partial charge in [-0.1, -0.05) is 29.3 Å². The summed E-state index contributed by atoms with van der Waals surface area (Å²) >= 11 is 12.0. The number of halogens is 2. The number of nitrogens with one attached hydrogen (secondary N) is 2. The summed E-state index contributed by atoms with van der Waals surface area (Å²) in [5.41, 5.74) is 6.90. The largest absolute Gasteiger partial charge is 0.444 e. The molecule has 1 aliphatic rings. The third-order valence-corrected chi connectivity index (χ3v) is 5.17. The van der Waals surface area contributed by atoms with Gasteiger partial charge in [-0.05, 0) is 44.9 Å². The summed E-state index contributed by atoms with van der Waals surface area (Å²) in [5.74, 6) is 0.956. The fourth-order valence-electron chi connectivity index (χ4n) is 2.99. The Morgan fingerprint density at radius 2 is 2.10 bits per heavy atom. The summed E-state index contributed by atoms with van der Waals surface area (Å²) < 4.78 is 5.43. The van der Waals surface area contributed by atoms with Gasteiger partial charge in [-0.3, -0.25) is 0 Å². The van der Waals surface area contributed by atoms with Crippen LogP contribution in [0.1, 0.15) is 32.8 Å². The number of carbonyl (C=O) groups excluding carboxylic acids is 1. The average Bonchev–Trinajstić information content (AvgIpc) is 3.12. The Bertz CT molecular complexity index is 919. The zero-order valence-electron chi connectivity index (χ0n) is 17.2. The maximum absolute atomic E-state index is 12.2. The monoisotopic (exact) mass is 452 g/mol. The molecule has 0 radical (unpaired) electrons. The number of benzene rings is 1. The van der Waals surface area contributed by atoms with E-state index in [1.807, 2.05) is 26.8 Å². The van der Waals surface area contributed by atoms with E-state index in [0.29, 0.717) is 47.1 Å². The first-order valence-corrected chi connectivity index (χ1v) is 10.4. The SMILES string of the molecule is CC(C)(C)OC(=O)N1CC[C@@H](Nc2nc(NCc3ccc(Cl)c(Cl)c3)ncc2N)C1. The summed E-state index contributed by atoms with van der Waals surface area (Å²) in [4.78, 5) is 22.6. The zero-order valence-corrected chi connectivity index (χ0v) is 18.7. The van der Waals surface area contributed by atoms with E-state index in [0.717, 1.165) is 12.0 Å². The molecule has 0 saturated carbocycles. The Balaban J connectivity index is 1.59. The van der Waals surface area contributed by atoms with Gasteiger partial charge >= 0.3 is 6.09 Å². The number of carbonyl (C=O) groups is 1. The molecule has 2 aromatic rings. The van der Waals surface area contributed by atoms with Crippen LogP contribution in [0.5, 0.6) is 0 Å². The minimum atomic E-state index is -0.519. The minimum Gasteiger partial charge on any atom is -0.444 e. The molecule has 0 spiro atoms. The molecule has 1 aromatic carbocycles. The quantitative estimate of drug-likeness (QED) is 0.616. The lowest BCUT2D eigenvalue weighted by molar-refractivity contribution is 0.0293. The Morgan fingerprint density at radius 1 is 1.33 bits per heavy atom. The lowest BCUT2D eigenvalue weighted by atomic mass is 10.2. The maximum Gasteiger partial charge on any atom is 0.410 e. The van der Waals surface area contributed by atoms with E-state index in [4.69, 9.17) is 33.7 Å². The van der Waals surface area contributed by atoms with Crippen molar-refractivity contribution < 1.29 is 9.53 Å². The van der Waals surface area contributed by atoms with E-state index < -0.39 is 5.60 Å². The van der Waals surface area contributed by atoms with E-state index in [9.17, 15) is 4.79 Å². The van der Waals surface area contributed by atoms with Gasteiger partial charge in [0.25, 0.3) is 0 Å². The van der Waals surface area contributed by atoms with Crippen LogP contribution in [-0.2, 0) is 11.3 Å². The molecule has 1 amide bonds. The molecule has 3 rings (SSSR count). The highest BCUT2D eigenvalue weighted by Crippen LogP contribution is 2.24. The summed E-state index contributed by atoms with van der Waals surface area (Å²) in [7, 11) is 0. The van der Waals surface area contributed by atoms with Crippen LogP contribution in [0.15, 0.2) is 24.4 Å². The van der Waals surface area contributed by atoms with E-state index in [-0.39, 0.29) is 12.1 Å². The molecule has 1 saturated heterocycles. The van der Waals surface area contributed by atoms with Gasteiger partial charge in [0.2, 0.25) is 5.95 Å². The highest BCUT2D eigenvalue weighted by atomic mass is 35.5. The second-order valence-corrected chi connectivity index (χ2v) is 8.97. The average molecular weight is 453 g/mol. The third kappa shape index (κ3) is 6.03. The number of hydrogen-bond acceptors (Lipinski definition) is 7. The van der Waals surface area contributed by atoms with E-state index >= 15 is 0 Å². The first-order chi connectivity index (χ1) is 14.1. The molecule has 8 nitrogen and oxygen atoms in total. The van der Waals surface area contributed by atoms with E-state index in [2.05, 4.69) is 20.6 Å². The smallest absolute Gasteiger partial charge is 0.410 e. The number of aromatic nitrogens is 2. The first kappa shape index (κ1) is 22.2. The van der Waals surface area contributed by atoms with Crippen LogP contribution >= 0.6 is 23.2 Å². The highest BCUT2D eigenvalue weighted by Gasteiger charge is 2.30. The molecule has 10 heteroatoms. The summed E-state index contributed by atoms with van der Waals surface area (Å²) in [5, 5.41) is 7.46. The standard InChI is InChI=1S/C20H26Cl2N6O2/c1-20(2,3)30-19(29)28-7-6-13(11-28)26-17-16(23)10-25-18(27-17)24-9-12-4-5-14(21)15(22)8-12/h4-5,8,10,13H,6-7,9,11,23H2,1-3H3,(H2,24,25,26,27)/t13-/m1/s1. The molecule has 1 fully saturated rings. The molecule has 0 unspecified atom stereocenters. The van der Waals surface area contributed by atoms with Crippen LogP contribution < -0.4 is 16.4 Å². The van der Waals surface area contributed by atoms with Crippen molar-refractivity contribution >= 4 is 46.7 Å². The normalized spacial score (nSPS) is 16.4. The van der Waals surface area contributed by atoms with E-state index in [1.54, 1.807) is 23.2 Å². The van der Waals surface area contributed by atoms with Crippen LogP contribution in [0.25, 0.3) is 0 Å². The summed E-state index contributed by atoms with van der Waals surface area (Å²) in [6.07, 6.45) is 2.01. The molecule has 0 bridgehead atoms. The molecule has 0 aliphatic carbocycles. The first-order valence-electron chi connectivity index (χ1n) is 9.65. The highest BCUT2D eigenvalue weighted by molar-refractivity contribution is 6.42. The van der Waals surface area contributed by atoms with Crippen molar-refractivity contribution in [1.82, 2.24) is 14.9 Å². The van der Waals surface area contributed by atoms with Gasteiger partial charge < -0.3 is 26.0 Å². The number of nitrogens with zero attached hydrogens (tertiary/aromatic N) is 3. The topological polar surface area (TPSA) is 105 Å². The van der Waals surface area contributed by atoms with E-state index in [1.165, 1.54) is 0 Å². The number of ether oxygens (including phenoxy) is 1. The second-order valence-electron chi connectivity index (χ2n) is 8.16. The third-order valence-electron chi connectivity index (χ3n) is 4.43. The fourth-order valence-corrected chi connectivity index (χ4v) is 3.31. The zero-order chi connectivity index (χ0) is 21.9. The lowest BCUT2D eigenvalue weighted by Gasteiger charge is -2.24. The molecular weight excluding hydrogens is 427 g/mol. The Morgan fingerprint density at radius 3 is 2.80 bits per heavy atom. The van der Waals surface area contributed by atoms with Gasteiger partial charge in [-0.25, -0.2) is 9.78 Å². The maximum atomic E-state index is 12.2. The Labute approximate surface area is 186 Å². The number of nitrogens with two attached hydrogens (primary N) is 1. The van der Waals surface area contributed by atoms with Crippen molar-refractivity contribution in [1.29, 1.82) is 0 Å². The number of nitrogen functional groups attached to an aromatic ring is 1.